The molecule has 0 aromatic rings. The quantitative estimate of drug-likeness (QED) is 0.645. The summed E-state index contributed by atoms with van der Waals surface area (Å²) in [5.41, 5.74) is 5.45. The normalized spacial score (nSPS) is 31.2. The summed E-state index contributed by atoms with van der Waals surface area (Å²) in [6, 6.07) is 0. The Morgan fingerprint density at radius 3 is 2.25 bits per heavy atom. The Labute approximate surface area is 76.1 Å². The van der Waals surface area contributed by atoms with Gasteiger partial charge < -0.3 is 10.6 Å². The van der Waals surface area contributed by atoms with Gasteiger partial charge in [0.25, 0.3) is 0 Å². The molecule has 1 aliphatic heterocycles. The number of likely N-dealkylation sites (tertiary alicyclic amines) is 1. The van der Waals surface area contributed by atoms with Crippen molar-refractivity contribution < 1.29 is 0 Å². The molecule has 12 heavy (non-hydrogen) atoms. The van der Waals surface area contributed by atoms with Gasteiger partial charge >= 0.3 is 0 Å². The predicted molar refractivity (Wildman–Crippen MR) is 53.1 cm³/mol. The highest BCUT2D eigenvalue weighted by atomic mass is 15.1. The lowest BCUT2D eigenvalue weighted by atomic mass is 10.0. The molecule has 1 aliphatic rings. The van der Waals surface area contributed by atoms with E-state index in [1.807, 2.05) is 0 Å². The molecule has 2 unspecified atom stereocenters. The lowest BCUT2D eigenvalue weighted by Crippen LogP contribution is -2.22. The molecule has 0 saturated carbocycles. The average Bonchev–Trinajstić information content (AvgIpc) is 2.32. The van der Waals surface area contributed by atoms with Gasteiger partial charge in [0.1, 0.15) is 0 Å². The zero-order chi connectivity index (χ0) is 8.97. The molecule has 0 aliphatic carbocycles. The molecule has 2 atom stereocenters. The monoisotopic (exact) mass is 170 g/mol. The van der Waals surface area contributed by atoms with Crippen molar-refractivity contribution in [1.82, 2.24) is 4.90 Å². The van der Waals surface area contributed by atoms with Crippen molar-refractivity contribution in [2.45, 2.75) is 26.7 Å². The molecule has 1 heterocycles. The highest BCUT2D eigenvalue weighted by molar-refractivity contribution is 4.78. The molecule has 1 saturated heterocycles. The van der Waals surface area contributed by atoms with Crippen LogP contribution in [0.3, 0.4) is 0 Å². The van der Waals surface area contributed by atoms with E-state index in [1.54, 1.807) is 0 Å². The van der Waals surface area contributed by atoms with Crippen LogP contribution in [0.25, 0.3) is 0 Å². The molecule has 1 rings (SSSR count). The van der Waals surface area contributed by atoms with E-state index in [0.29, 0.717) is 0 Å². The lowest BCUT2D eigenvalue weighted by Gasteiger charge is -2.14. The van der Waals surface area contributed by atoms with Crippen LogP contribution in [-0.4, -0.2) is 31.1 Å². The molecule has 2 N–H and O–H groups in total. The number of hydrogen-bond donors (Lipinski definition) is 1. The summed E-state index contributed by atoms with van der Waals surface area (Å²) in [7, 11) is 0. The van der Waals surface area contributed by atoms with Gasteiger partial charge in [0.2, 0.25) is 0 Å². The van der Waals surface area contributed by atoms with E-state index < -0.39 is 0 Å². The standard InChI is InChI=1S/C10H22N2/c1-9-7-12(8-10(9)2)6-4-3-5-11/h9-10H,3-8,11H2,1-2H3. The molecule has 0 spiro atoms. The molecule has 0 aromatic heterocycles. The predicted octanol–water partition coefficient (Wildman–Crippen LogP) is 1.31. The minimum absolute atomic E-state index is 0.846. The van der Waals surface area contributed by atoms with Crippen LogP contribution >= 0.6 is 0 Å². The van der Waals surface area contributed by atoms with E-state index in [4.69, 9.17) is 5.73 Å². The third kappa shape index (κ3) is 2.76. The Balaban J connectivity index is 2.10. The number of nitrogens with zero attached hydrogens (tertiary/aromatic N) is 1. The Hall–Kier alpha value is -0.0800. The Kier molecular flexibility index (Phi) is 4.02. The topological polar surface area (TPSA) is 29.3 Å². The van der Waals surface area contributed by atoms with Crippen LogP contribution in [-0.2, 0) is 0 Å². The smallest absolute Gasteiger partial charge is 0.00102 e. The van der Waals surface area contributed by atoms with Crippen LogP contribution in [0.15, 0.2) is 0 Å². The van der Waals surface area contributed by atoms with E-state index in [0.717, 1.165) is 18.4 Å². The first kappa shape index (κ1) is 10.0. The number of rotatable bonds is 4. The SMILES string of the molecule is CC1CN(CCCCN)CC1C. The number of nitrogens with two attached hydrogens (primary N) is 1. The van der Waals surface area contributed by atoms with Gasteiger partial charge in [-0.15, -0.1) is 0 Å². The van der Waals surface area contributed by atoms with Crippen molar-refractivity contribution in [3.8, 4) is 0 Å². The lowest BCUT2D eigenvalue weighted by molar-refractivity contribution is 0.317. The van der Waals surface area contributed by atoms with Crippen molar-refractivity contribution in [3.63, 3.8) is 0 Å². The minimum Gasteiger partial charge on any atom is -0.330 e. The second kappa shape index (κ2) is 4.83. The van der Waals surface area contributed by atoms with Gasteiger partial charge in [0.05, 0.1) is 0 Å². The number of hydrogen-bond acceptors (Lipinski definition) is 2. The largest absolute Gasteiger partial charge is 0.330 e. The van der Waals surface area contributed by atoms with Gasteiger partial charge in [-0.05, 0) is 37.8 Å². The van der Waals surface area contributed by atoms with E-state index >= 15 is 0 Å². The maximum atomic E-state index is 5.45. The molecule has 1 fully saturated rings. The van der Waals surface area contributed by atoms with Crippen LogP contribution in [0.4, 0.5) is 0 Å². The molecular formula is C10H22N2. The summed E-state index contributed by atoms with van der Waals surface area (Å²) in [6.45, 7) is 9.41. The van der Waals surface area contributed by atoms with Gasteiger partial charge in [-0.2, -0.15) is 0 Å². The summed E-state index contributed by atoms with van der Waals surface area (Å²) in [5.74, 6) is 1.78. The maximum absolute atomic E-state index is 5.45. The third-order valence-corrected chi connectivity index (χ3v) is 2.99. The van der Waals surface area contributed by atoms with E-state index in [2.05, 4.69) is 18.7 Å². The highest BCUT2D eigenvalue weighted by Gasteiger charge is 2.24. The van der Waals surface area contributed by atoms with Crippen LogP contribution in [0.2, 0.25) is 0 Å². The second-order valence-electron chi connectivity index (χ2n) is 4.21. The first-order chi connectivity index (χ1) is 5.74. The van der Waals surface area contributed by atoms with Crippen molar-refractivity contribution in [2.24, 2.45) is 17.6 Å². The van der Waals surface area contributed by atoms with Crippen molar-refractivity contribution in [2.75, 3.05) is 26.2 Å². The van der Waals surface area contributed by atoms with E-state index in [9.17, 15) is 0 Å². The first-order valence-electron chi connectivity index (χ1n) is 5.16. The highest BCUT2D eigenvalue weighted by Crippen LogP contribution is 2.21. The van der Waals surface area contributed by atoms with Crippen molar-refractivity contribution >= 4 is 0 Å². The molecule has 0 radical (unpaired) electrons. The third-order valence-electron chi connectivity index (χ3n) is 2.99. The van der Waals surface area contributed by atoms with Crippen molar-refractivity contribution in [1.29, 1.82) is 0 Å². The fourth-order valence-electron chi connectivity index (χ4n) is 1.91. The van der Waals surface area contributed by atoms with E-state index in [-0.39, 0.29) is 0 Å². The summed E-state index contributed by atoms with van der Waals surface area (Å²) < 4.78 is 0. The minimum atomic E-state index is 0.846. The first-order valence-corrected chi connectivity index (χ1v) is 5.16. The zero-order valence-corrected chi connectivity index (χ0v) is 8.42. The molecule has 0 amide bonds. The molecular weight excluding hydrogens is 148 g/mol. The van der Waals surface area contributed by atoms with Gasteiger partial charge in [-0.3, -0.25) is 0 Å². The summed E-state index contributed by atoms with van der Waals surface area (Å²) in [5, 5.41) is 0. The fourth-order valence-corrected chi connectivity index (χ4v) is 1.91. The van der Waals surface area contributed by atoms with Gasteiger partial charge in [0, 0.05) is 13.1 Å². The maximum Gasteiger partial charge on any atom is 0.00102 e. The molecule has 0 aromatic carbocycles. The van der Waals surface area contributed by atoms with Gasteiger partial charge in [-0.1, -0.05) is 13.8 Å². The second-order valence-corrected chi connectivity index (χ2v) is 4.21. The van der Waals surface area contributed by atoms with Crippen LogP contribution in [0, 0.1) is 11.8 Å². The molecule has 2 nitrogen and oxygen atoms in total. The Morgan fingerprint density at radius 2 is 1.75 bits per heavy atom. The fraction of sp³-hybridized carbons (Fsp3) is 1.00. The van der Waals surface area contributed by atoms with E-state index in [1.165, 1.54) is 32.5 Å². The van der Waals surface area contributed by atoms with Crippen LogP contribution in [0.1, 0.15) is 26.7 Å². The molecule has 72 valence electrons. The van der Waals surface area contributed by atoms with Crippen LogP contribution < -0.4 is 5.73 Å². The summed E-state index contributed by atoms with van der Waals surface area (Å²) in [4.78, 5) is 2.57. The van der Waals surface area contributed by atoms with Gasteiger partial charge in [0.15, 0.2) is 0 Å². The molecule has 2 heteroatoms. The average molecular weight is 170 g/mol. The summed E-state index contributed by atoms with van der Waals surface area (Å²) in [6.07, 6.45) is 2.45. The molecule has 0 bridgehead atoms. The van der Waals surface area contributed by atoms with Gasteiger partial charge in [-0.25, -0.2) is 0 Å². The number of unbranched alkanes of at least 4 members (excludes halogenated alkanes) is 1. The van der Waals surface area contributed by atoms with Crippen LogP contribution in [0.5, 0.6) is 0 Å². The Morgan fingerprint density at radius 1 is 1.17 bits per heavy atom. The summed E-state index contributed by atoms with van der Waals surface area (Å²) >= 11 is 0. The zero-order valence-electron chi connectivity index (χ0n) is 8.42. The Bertz CT molecular complexity index is 115. The van der Waals surface area contributed by atoms with Crippen molar-refractivity contribution in [3.05, 3.63) is 0 Å².